The van der Waals surface area contributed by atoms with Gasteiger partial charge in [0.05, 0.1) is 5.75 Å². The molecule has 1 fully saturated rings. The Hall–Kier alpha value is -1.11. The number of hydrogen-bond donors (Lipinski definition) is 1. The van der Waals surface area contributed by atoms with Gasteiger partial charge in [-0.3, -0.25) is 9.59 Å². The SMILES string of the molecule is CC(C(=O)NC1CCCCC1)N(Cc1c(Cl)cccc1Cl)C(=O)CSCc1c(Cl)cccc1Cl. The summed E-state index contributed by atoms with van der Waals surface area (Å²) in [6, 6.07) is 10.0. The maximum Gasteiger partial charge on any atom is 0.242 e. The highest BCUT2D eigenvalue weighted by atomic mass is 35.5. The molecule has 0 heterocycles. The van der Waals surface area contributed by atoms with Gasteiger partial charge in [-0.2, -0.15) is 0 Å². The van der Waals surface area contributed by atoms with E-state index in [1.807, 2.05) is 0 Å². The van der Waals surface area contributed by atoms with Crippen LogP contribution in [0.3, 0.4) is 0 Å². The molecule has 0 spiro atoms. The highest BCUT2D eigenvalue weighted by Gasteiger charge is 2.29. The van der Waals surface area contributed by atoms with E-state index in [-0.39, 0.29) is 30.2 Å². The summed E-state index contributed by atoms with van der Waals surface area (Å²) >= 11 is 26.7. The molecule has 4 nitrogen and oxygen atoms in total. The number of carbonyl (C=O) groups is 2. The first kappa shape index (κ1) is 27.5. The number of nitrogens with one attached hydrogen (secondary N) is 1. The van der Waals surface area contributed by atoms with Crippen molar-refractivity contribution in [2.24, 2.45) is 0 Å². The van der Waals surface area contributed by atoms with Crippen LogP contribution >= 0.6 is 58.2 Å². The predicted octanol–water partition coefficient (Wildman–Crippen LogP) is 7.40. The first-order chi connectivity index (χ1) is 16.3. The number of benzene rings is 2. The van der Waals surface area contributed by atoms with Crippen LogP contribution < -0.4 is 5.32 Å². The molecule has 2 aromatic rings. The molecule has 34 heavy (non-hydrogen) atoms. The van der Waals surface area contributed by atoms with Crippen LogP contribution in [0.5, 0.6) is 0 Å². The van der Waals surface area contributed by atoms with Crippen molar-refractivity contribution < 1.29 is 9.59 Å². The van der Waals surface area contributed by atoms with E-state index in [0.29, 0.717) is 31.4 Å². The van der Waals surface area contributed by atoms with Crippen molar-refractivity contribution in [3.8, 4) is 0 Å². The fourth-order valence-electron chi connectivity index (χ4n) is 4.00. The summed E-state index contributed by atoms with van der Waals surface area (Å²) in [5, 5.41) is 5.17. The molecule has 2 amide bonds. The van der Waals surface area contributed by atoms with Crippen molar-refractivity contribution in [1.29, 1.82) is 0 Å². The van der Waals surface area contributed by atoms with Crippen LogP contribution in [-0.4, -0.2) is 34.6 Å². The number of amides is 2. The number of thioether (sulfide) groups is 1. The minimum atomic E-state index is -0.675. The molecule has 1 atom stereocenters. The van der Waals surface area contributed by atoms with Crippen LogP contribution in [0.4, 0.5) is 0 Å². The standard InChI is InChI=1S/C25H28Cl4N2O2S/c1-16(25(33)30-17-7-3-2-4-8-17)31(13-18-20(26)9-5-10-21(18)27)24(32)15-34-14-19-22(28)11-6-12-23(19)29/h5-6,9-12,16-17H,2-4,7-8,13-15H2,1H3,(H,30,33). The molecular formula is C25H28Cl4N2O2S. The van der Waals surface area contributed by atoms with E-state index in [4.69, 9.17) is 46.4 Å². The van der Waals surface area contributed by atoms with Crippen molar-refractivity contribution in [3.63, 3.8) is 0 Å². The van der Waals surface area contributed by atoms with Crippen LogP contribution in [-0.2, 0) is 21.9 Å². The topological polar surface area (TPSA) is 49.4 Å². The lowest BCUT2D eigenvalue weighted by atomic mass is 9.95. The van der Waals surface area contributed by atoms with Gasteiger partial charge in [0.15, 0.2) is 0 Å². The van der Waals surface area contributed by atoms with Gasteiger partial charge in [0.1, 0.15) is 6.04 Å². The molecule has 1 N–H and O–H groups in total. The summed E-state index contributed by atoms with van der Waals surface area (Å²) in [4.78, 5) is 28.0. The van der Waals surface area contributed by atoms with Gasteiger partial charge < -0.3 is 10.2 Å². The average molecular weight is 562 g/mol. The van der Waals surface area contributed by atoms with Crippen LogP contribution in [0.1, 0.15) is 50.2 Å². The van der Waals surface area contributed by atoms with Gasteiger partial charge in [-0.15, -0.1) is 11.8 Å². The third-order valence-corrected chi connectivity index (χ3v) is 8.40. The molecule has 3 rings (SSSR count). The molecule has 2 aromatic carbocycles. The van der Waals surface area contributed by atoms with E-state index in [0.717, 1.165) is 31.2 Å². The Morgan fingerprint density at radius 3 is 2.03 bits per heavy atom. The lowest BCUT2D eigenvalue weighted by Crippen LogP contribution is -2.50. The Bertz CT molecular complexity index is 974. The number of rotatable bonds is 9. The molecule has 1 unspecified atom stereocenters. The van der Waals surface area contributed by atoms with Gasteiger partial charge >= 0.3 is 0 Å². The smallest absolute Gasteiger partial charge is 0.242 e. The first-order valence-corrected chi connectivity index (χ1v) is 14.0. The van der Waals surface area contributed by atoms with Crippen LogP contribution in [0.25, 0.3) is 0 Å². The highest BCUT2D eigenvalue weighted by molar-refractivity contribution is 7.99. The molecule has 1 aliphatic rings. The average Bonchev–Trinajstić information content (AvgIpc) is 2.81. The second-order valence-corrected chi connectivity index (χ2v) is 11.0. The van der Waals surface area contributed by atoms with Crippen molar-refractivity contribution in [3.05, 3.63) is 67.6 Å². The molecule has 1 saturated carbocycles. The maximum absolute atomic E-state index is 13.3. The molecule has 184 valence electrons. The van der Waals surface area contributed by atoms with Crippen molar-refractivity contribution in [2.75, 3.05) is 5.75 Å². The van der Waals surface area contributed by atoms with E-state index in [1.165, 1.54) is 18.2 Å². The van der Waals surface area contributed by atoms with E-state index >= 15 is 0 Å². The molecule has 0 aromatic heterocycles. The lowest BCUT2D eigenvalue weighted by Gasteiger charge is -2.31. The van der Waals surface area contributed by atoms with Crippen molar-refractivity contribution in [1.82, 2.24) is 10.2 Å². The molecule has 9 heteroatoms. The zero-order valence-corrected chi connectivity index (χ0v) is 22.8. The monoisotopic (exact) mass is 560 g/mol. The lowest BCUT2D eigenvalue weighted by molar-refractivity contribution is -0.139. The minimum Gasteiger partial charge on any atom is -0.352 e. The van der Waals surface area contributed by atoms with E-state index in [9.17, 15) is 9.59 Å². The Morgan fingerprint density at radius 1 is 0.941 bits per heavy atom. The number of hydrogen-bond acceptors (Lipinski definition) is 3. The second-order valence-electron chi connectivity index (χ2n) is 8.43. The van der Waals surface area contributed by atoms with E-state index in [1.54, 1.807) is 48.2 Å². The van der Waals surface area contributed by atoms with Crippen LogP contribution in [0.15, 0.2) is 36.4 Å². The van der Waals surface area contributed by atoms with E-state index in [2.05, 4.69) is 5.32 Å². The molecule has 0 bridgehead atoms. The normalized spacial score (nSPS) is 15.1. The zero-order chi connectivity index (χ0) is 24.7. The highest BCUT2D eigenvalue weighted by Crippen LogP contribution is 2.30. The van der Waals surface area contributed by atoms with Gasteiger partial charge in [0.25, 0.3) is 0 Å². The van der Waals surface area contributed by atoms with Crippen molar-refractivity contribution in [2.45, 2.75) is 63.4 Å². The third-order valence-electron chi connectivity index (χ3n) is 6.04. The largest absolute Gasteiger partial charge is 0.352 e. The molecule has 1 aliphatic carbocycles. The predicted molar refractivity (Wildman–Crippen MR) is 144 cm³/mol. The Kier molecular flexibility index (Phi) is 10.7. The third kappa shape index (κ3) is 7.44. The fraction of sp³-hybridized carbons (Fsp3) is 0.440. The van der Waals surface area contributed by atoms with Gasteiger partial charge in [0.2, 0.25) is 11.8 Å². The van der Waals surface area contributed by atoms with E-state index < -0.39 is 6.04 Å². The summed E-state index contributed by atoms with van der Waals surface area (Å²) in [6.45, 7) is 1.89. The van der Waals surface area contributed by atoms with Gasteiger partial charge in [0, 0.05) is 44.0 Å². The fourth-order valence-corrected chi connectivity index (χ4v) is 6.16. The maximum atomic E-state index is 13.3. The Balaban J connectivity index is 1.73. The molecule has 0 radical (unpaired) electrons. The number of carbonyl (C=O) groups excluding carboxylic acids is 2. The zero-order valence-electron chi connectivity index (χ0n) is 19.0. The quantitative estimate of drug-likeness (QED) is 0.347. The molecule has 0 saturated heterocycles. The van der Waals surface area contributed by atoms with Crippen LogP contribution in [0, 0.1) is 0 Å². The first-order valence-electron chi connectivity index (χ1n) is 11.3. The summed E-state index contributed by atoms with van der Waals surface area (Å²) < 4.78 is 0. The summed E-state index contributed by atoms with van der Waals surface area (Å²) in [7, 11) is 0. The van der Waals surface area contributed by atoms with Crippen LogP contribution in [0.2, 0.25) is 20.1 Å². The van der Waals surface area contributed by atoms with Gasteiger partial charge in [-0.1, -0.05) is 77.8 Å². The molecule has 0 aliphatic heterocycles. The summed E-state index contributed by atoms with van der Waals surface area (Å²) in [5.74, 6) is 0.288. The summed E-state index contributed by atoms with van der Waals surface area (Å²) in [6.07, 6.45) is 5.36. The number of halogens is 4. The summed E-state index contributed by atoms with van der Waals surface area (Å²) in [5.41, 5.74) is 1.41. The van der Waals surface area contributed by atoms with Gasteiger partial charge in [-0.05, 0) is 49.6 Å². The number of nitrogens with zero attached hydrogens (tertiary/aromatic N) is 1. The minimum absolute atomic E-state index is 0.143. The Morgan fingerprint density at radius 2 is 1.47 bits per heavy atom. The van der Waals surface area contributed by atoms with Crippen molar-refractivity contribution >= 4 is 70.0 Å². The Labute approximate surface area is 225 Å². The molecular weight excluding hydrogens is 534 g/mol. The van der Waals surface area contributed by atoms with Gasteiger partial charge in [-0.25, -0.2) is 0 Å². The second kappa shape index (κ2) is 13.3.